The first-order chi connectivity index (χ1) is 7.34. The van der Waals surface area contributed by atoms with Gasteiger partial charge in [0.25, 0.3) is 0 Å². The van der Waals surface area contributed by atoms with Crippen LogP contribution in [0, 0.1) is 5.92 Å². The van der Waals surface area contributed by atoms with Crippen molar-refractivity contribution < 1.29 is 0 Å². The second kappa shape index (κ2) is 5.86. The van der Waals surface area contributed by atoms with Gasteiger partial charge in [0.05, 0.1) is 0 Å². The number of hydrogen-bond donors (Lipinski definition) is 2. The Kier molecular flexibility index (Phi) is 4.45. The molecule has 2 saturated carbocycles. The van der Waals surface area contributed by atoms with E-state index in [1.165, 1.54) is 44.9 Å². The van der Waals surface area contributed by atoms with Crippen molar-refractivity contribution in [2.24, 2.45) is 5.92 Å². The molecule has 0 saturated heterocycles. The predicted octanol–water partition coefficient (Wildman–Crippen LogP) is 2.30. The van der Waals surface area contributed by atoms with Crippen molar-refractivity contribution in [3.8, 4) is 0 Å². The zero-order chi connectivity index (χ0) is 10.5. The number of nitrogens with one attached hydrogen (secondary N) is 2. The van der Waals surface area contributed by atoms with Crippen LogP contribution in [0.5, 0.6) is 0 Å². The molecule has 2 N–H and O–H groups in total. The third-order valence-corrected chi connectivity index (χ3v) is 4.04. The highest BCUT2D eigenvalue weighted by Gasteiger charge is 2.20. The van der Waals surface area contributed by atoms with E-state index >= 15 is 0 Å². The van der Waals surface area contributed by atoms with Gasteiger partial charge < -0.3 is 10.6 Å². The molecule has 2 atom stereocenters. The second-order valence-electron chi connectivity index (χ2n) is 5.50. The molecule has 0 spiro atoms. The molecule has 2 unspecified atom stereocenters. The van der Waals surface area contributed by atoms with Gasteiger partial charge in [0.2, 0.25) is 0 Å². The molecule has 0 heterocycles. The Bertz CT molecular complexity index is 175. The van der Waals surface area contributed by atoms with E-state index in [4.69, 9.17) is 0 Å². The zero-order valence-corrected chi connectivity index (χ0v) is 10.1. The molecule has 0 aliphatic heterocycles. The summed E-state index contributed by atoms with van der Waals surface area (Å²) in [6.45, 7) is 4.70. The van der Waals surface area contributed by atoms with E-state index in [1.807, 2.05) is 0 Å². The van der Waals surface area contributed by atoms with Crippen LogP contribution >= 0.6 is 0 Å². The van der Waals surface area contributed by atoms with Crippen molar-refractivity contribution in [2.75, 3.05) is 13.1 Å². The molecule has 2 fully saturated rings. The maximum absolute atomic E-state index is 3.67. The highest BCUT2D eigenvalue weighted by atomic mass is 15.0. The molecule has 0 bridgehead atoms. The van der Waals surface area contributed by atoms with Crippen LogP contribution in [0.2, 0.25) is 0 Å². The molecule has 0 aromatic heterocycles. The lowest BCUT2D eigenvalue weighted by atomic mass is 10.1. The molecule has 2 aliphatic carbocycles. The molecule has 2 heteroatoms. The maximum atomic E-state index is 3.67. The highest BCUT2D eigenvalue weighted by Crippen LogP contribution is 2.24. The summed E-state index contributed by atoms with van der Waals surface area (Å²) in [4.78, 5) is 0. The standard InChI is InChI=1S/C13H26N2/c1-11-6-7-13(10-11)15-9-8-14-12-4-2-3-5-12/h11-15H,2-10H2,1H3. The SMILES string of the molecule is CC1CCC(NCCNC2CCCC2)C1. The fraction of sp³-hybridized carbons (Fsp3) is 1.00. The summed E-state index contributed by atoms with van der Waals surface area (Å²) in [6.07, 6.45) is 9.89. The summed E-state index contributed by atoms with van der Waals surface area (Å²) >= 11 is 0. The molecule has 0 aromatic carbocycles. The first-order valence-corrected chi connectivity index (χ1v) is 6.81. The summed E-state index contributed by atoms with van der Waals surface area (Å²) in [5, 5.41) is 7.33. The van der Waals surface area contributed by atoms with Crippen LogP contribution in [0.4, 0.5) is 0 Å². The van der Waals surface area contributed by atoms with Gasteiger partial charge in [0, 0.05) is 25.2 Å². The van der Waals surface area contributed by atoms with Crippen molar-refractivity contribution in [1.29, 1.82) is 0 Å². The van der Waals surface area contributed by atoms with E-state index in [-0.39, 0.29) is 0 Å². The molecule has 15 heavy (non-hydrogen) atoms. The molecule has 0 amide bonds. The van der Waals surface area contributed by atoms with Crippen LogP contribution in [-0.4, -0.2) is 25.2 Å². The van der Waals surface area contributed by atoms with Crippen LogP contribution in [0.1, 0.15) is 51.9 Å². The van der Waals surface area contributed by atoms with E-state index < -0.39 is 0 Å². The molecular formula is C13H26N2. The molecule has 0 radical (unpaired) electrons. The first-order valence-electron chi connectivity index (χ1n) is 6.81. The zero-order valence-electron chi connectivity index (χ0n) is 10.1. The van der Waals surface area contributed by atoms with E-state index in [1.54, 1.807) is 0 Å². The van der Waals surface area contributed by atoms with Gasteiger partial charge >= 0.3 is 0 Å². The van der Waals surface area contributed by atoms with Gasteiger partial charge in [-0.1, -0.05) is 19.8 Å². The minimum Gasteiger partial charge on any atom is -0.313 e. The molecule has 88 valence electrons. The van der Waals surface area contributed by atoms with Crippen molar-refractivity contribution in [3.63, 3.8) is 0 Å². The lowest BCUT2D eigenvalue weighted by Gasteiger charge is -2.15. The largest absolute Gasteiger partial charge is 0.313 e. The average molecular weight is 210 g/mol. The summed E-state index contributed by atoms with van der Waals surface area (Å²) in [5.74, 6) is 0.949. The highest BCUT2D eigenvalue weighted by molar-refractivity contribution is 4.79. The van der Waals surface area contributed by atoms with E-state index in [0.717, 1.165) is 31.1 Å². The third-order valence-electron chi connectivity index (χ3n) is 4.04. The van der Waals surface area contributed by atoms with Crippen LogP contribution in [0.3, 0.4) is 0 Å². The van der Waals surface area contributed by atoms with E-state index in [2.05, 4.69) is 17.6 Å². The van der Waals surface area contributed by atoms with Crippen LogP contribution in [0.25, 0.3) is 0 Å². The summed E-state index contributed by atoms with van der Waals surface area (Å²) < 4.78 is 0. The molecular weight excluding hydrogens is 184 g/mol. The van der Waals surface area contributed by atoms with Crippen LogP contribution < -0.4 is 10.6 Å². The lowest BCUT2D eigenvalue weighted by molar-refractivity contribution is 0.464. The Balaban J connectivity index is 1.48. The van der Waals surface area contributed by atoms with Crippen molar-refractivity contribution in [1.82, 2.24) is 10.6 Å². The topological polar surface area (TPSA) is 24.1 Å². The van der Waals surface area contributed by atoms with Gasteiger partial charge in [-0.15, -0.1) is 0 Å². The van der Waals surface area contributed by atoms with Crippen molar-refractivity contribution in [3.05, 3.63) is 0 Å². The Morgan fingerprint density at radius 2 is 1.53 bits per heavy atom. The van der Waals surface area contributed by atoms with Gasteiger partial charge in [0.1, 0.15) is 0 Å². The first kappa shape index (κ1) is 11.4. The van der Waals surface area contributed by atoms with Crippen molar-refractivity contribution >= 4 is 0 Å². The van der Waals surface area contributed by atoms with E-state index in [0.29, 0.717) is 0 Å². The Morgan fingerprint density at radius 1 is 0.867 bits per heavy atom. The molecule has 2 rings (SSSR count). The smallest absolute Gasteiger partial charge is 0.00794 e. The van der Waals surface area contributed by atoms with Gasteiger partial charge in [-0.25, -0.2) is 0 Å². The number of hydrogen-bond acceptors (Lipinski definition) is 2. The van der Waals surface area contributed by atoms with Crippen molar-refractivity contribution in [2.45, 2.75) is 64.0 Å². The minimum absolute atomic E-state index is 0.811. The number of rotatable bonds is 5. The van der Waals surface area contributed by atoms with Crippen LogP contribution in [0.15, 0.2) is 0 Å². The van der Waals surface area contributed by atoms with Gasteiger partial charge in [-0.05, 0) is 38.0 Å². The Labute approximate surface area is 94.2 Å². The van der Waals surface area contributed by atoms with Gasteiger partial charge in [0.15, 0.2) is 0 Å². The Hall–Kier alpha value is -0.0800. The van der Waals surface area contributed by atoms with Gasteiger partial charge in [-0.2, -0.15) is 0 Å². The normalized spacial score (nSPS) is 32.6. The maximum Gasteiger partial charge on any atom is 0.00794 e. The third kappa shape index (κ3) is 3.76. The minimum atomic E-state index is 0.811. The average Bonchev–Trinajstić information content (AvgIpc) is 2.84. The Morgan fingerprint density at radius 3 is 2.13 bits per heavy atom. The summed E-state index contributed by atoms with van der Waals surface area (Å²) in [5.41, 5.74) is 0. The quantitative estimate of drug-likeness (QED) is 0.680. The fourth-order valence-corrected chi connectivity index (χ4v) is 3.08. The summed E-state index contributed by atoms with van der Waals surface area (Å²) in [7, 11) is 0. The van der Waals surface area contributed by atoms with E-state index in [9.17, 15) is 0 Å². The second-order valence-corrected chi connectivity index (χ2v) is 5.50. The predicted molar refractivity (Wildman–Crippen MR) is 65.1 cm³/mol. The van der Waals surface area contributed by atoms with Crippen LogP contribution in [-0.2, 0) is 0 Å². The molecule has 2 nitrogen and oxygen atoms in total. The monoisotopic (exact) mass is 210 g/mol. The molecule has 2 aliphatic rings. The molecule has 0 aromatic rings. The lowest BCUT2D eigenvalue weighted by Crippen LogP contribution is -2.37. The summed E-state index contributed by atoms with van der Waals surface area (Å²) in [6, 6.07) is 1.64. The fourth-order valence-electron chi connectivity index (χ4n) is 3.08. The van der Waals surface area contributed by atoms with Gasteiger partial charge in [-0.3, -0.25) is 0 Å².